The van der Waals surface area contributed by atoms with Crippen molar-refractivity contribution in [3.8, 4) is 35.0 Å². The van der Waals surface area contributed by atoms with Crippen LogP contribution < -0.4 is 9.47 Å². The summed E-state index contributed by atoms with van der Waals surface area (Å²) in [6.45, 7) is 1.52. The molecule has 15 rings (SSSR count). The summed E-state index contributed by atoms with van der Waals surface area (Å²) < 4.78 is 135. The van der Waals surface area contributed by atoms with E-state index in [4.69, 9.17) is 24.4 Å². The molecule has 1 aliphatic rings. The first-order valence-electron chi connectivity index (χ1n) is 36.3. The van der Waals surface area contributed by atoms with Crippen LogP contribution in [0.1, 0.15) is 126 Å². The lowest BCUT2D eigenvalue weighted by molar-refractivity contribution is -0.385. The van der Waals surface area contributed by atoms with E-state index < -0.39 is 57.6 Å². The highest BCUT2D eigenvalue weighted by atomic mass is 79.9. The number of nitriles is 2. The topological polar surface area (TPSA) is 288 Å². The van der Waals surface area contributed by atoms with Gasteiger partial charge in [-0.15, -0.1) is 30.6 Å². The van der Waals surface area contributed by atoms with Crippen LogP contribution in [-0.2, 0) is 71.2 Å². The van der Waals surface area contributed by atoms with Crippen molar-refractivity contribution < 1.29 is 68.3 Å². The number of para-hydroxylation sites is 1. The number of carbonyl (C=O) groups excluding carboxylic acids is 3. The second-order valence-corrected chi connectivity index (χ2v) is 28.2. The Morgan fingerprint density at radius 1 is 0.562 bits per heavy atom. The number of methoxy groups -OCH3 is 1. The van der Waals surface area contributed by atoms with Crippen LogP contribution >= 0.6 is 15.9 Å². The molecule has 1 aliphatic heterocycles. The molecular formula is C88H73BrF8N16O8. The normalized spacial score (nSPS) is 11.2. The first-order valence-corrected chi connectivity index (χ1v) is 37.1. The number of aromatic nitrogens is 10. The Morgan fingerprint density at radius 2 is 1.06 bits per heavy atom. The van der Waals surface area contributed by atoms with Crippen molar-refractivity contribution in [2.75, 3.05) is 13.7 Å². The van der Waals surface area contributed by atoms with Gasteiger partial charge in [0.2, 0.25) is 0 Å². The Kier molecular flexibility index (Phi) is 28.2. The number of pyridine rings is 1. The molecule has 0 aliphatic carbocycles. The van der Waals surface area contributed by atoms with Crippen molar-refractivity contribution >= 4 is 50.2 Å². The molecule has 0 atom stereocenters. The van der Waals surface area contributed by atoms with Gasteiger partial charge >= 0.3 is 5.69 Å². The van der Waals surface area contributed by atoms with Crippen LogP contribution in [0.3, 0.4) is 0 Å². The zero-order valence-corrected chi connectivity index (χ0v) is 64.5. The zero-order chi connectivity index (χ0) is 84.0. The fraction of sp³-hybridized carbons (Fsp3) is 0.182. The number of benzene rings is 9. The lowest BCUT2D eigenvalue weighted by Gasteiger charge is -2.24. The highest BCUT2D eigenvalue weighted by Gasteiger charge is 2.31. The molecule has 0 spiro atoms. The average Bonchev–Trinajstić information content (AvgIpc) is 1.68. The number of halogens is 9. The average molecular weight is 1710 g/mol. The molecule has 9 aromatic carbocycles. The van der Waals surface area contributed by atoms with Gasteiger partial charge < -0.3 is 42.3 Å². The number of amides is 3. The van der Waals surface area contributed by atoms with Crippen LogP contribution in [-0.4, -0.2) is 100 Å². The van der Waals surface area contributed by atoms with Crippen LogP contribution in [0.15, 0.2) is 234 Å². The summed E-state index contributed by atoms with van der Waals surface area (Å²) >= 11 is 3.46. The van der Waals surface area contributed by atoms with Gasteiger partial charge in [-0.2, -0.15) is 10.5 Å². The molecule has 616 valence electrons. The SMILES string of the molecule is C.C.CC(F)(F)c1cccc(-c2ccc(C(=O)N(Cc3ccc(F)cc3F)Cc3nncn3Cc3ccc(C#N)cc3)o2)c1.COc1cc(Cn2cnnc2CN(Cc2ccc(F)cc2F)C(=O)c2ccc3ccccc3n2)ccc1[N+](=O)[O-].N#Cc1ccc(Cn2cnnc2CN(Cc2ccc(F)cc2F)C(=O)c2cc(Br)cc3c2OCC3)cc1. The molecule has 3 amide bonds. The molecule has 33 heteroatoms. The first-order chi connectivity index (χ1) is 57.3. The van der Waals surface area contributed by atoms with Gasteiger partial charge in [-0.25, -0.2) is 40.1 Å². The number of nitro groups is 1. The molecule has 0 radical (unpaired) electrons. The number of hydrogen-bond acceptors (Lipinski definition) is 17. The number of alkyl halides is 2. The summed E-state index contributed by atoms with van der Waals surface area (Å²) in [5, 5.41) is 54.6. The van der Waals surface area contributed by atoms with E-state index in [1.54, 1.807) is 92.8 Å². The van der Waals surface area contributed by atoms with E-state index in [1.807, 2.05) is 36.4 Å². The van der Waals surface area contributed by atoms with Gasteiger partial charge in [0.25, 0.3) is 23.6 Å². The maximum absolute atomic E-state index is 14.6. The number of nitro benzene ring substituents is 1. The lowest BCUT2D eigenvalue weighted by Crippen LogP contribution is -2.32. The maximum atomic E-state index is 14.6. The van der Waals surface area contributed by atoms with Crippen LogP contribution in [0.2, 0.25) is 0 Å². The predicted molar refractivity (Wildman–Crippen MR) is 431 cm³/mol. The van der Waals surface area contributed by atoms with Gasteiger partial charge in [0.05, 0.1) is 92.3 Å². The summed E-state index contributed by atoms with van der Waals surface area (Å²) in [5.41, 5.74) is 5.84. The molecule has 0 unspecified atom stereocenters. The summed E-state index contributed by atoms with van der Waals surface area (Å²) in [6.07, 6.45) is 5.17. The second kappa shape index (κ2) is 39.1. The third-order valence-electron chi connectivity index (χ3n) is 19.0. The quantitative estimate of drug-likeness (QED) is 0.0292. The van der Waals surface area contributed by atoms with Crippen LogP contribution in [0.25, 0.3) is 22.2 Å². The summed E-state index contributed by atoms with van der Waals surface area (Å²) in [4.78, 5) is 60.5. The van der Waals surface area contributed by atoms with E-state index in [2.05, 4.69) is 63.6 Å². The molecule has 5 aromatic heterocycles. The summed E-state index contributed by atoms with van der Waals surface area (Å²) in [5.74, 6) is -7.18. The van der Waals surface area contributed by atoms with E-state index >= 15 is 0 Å². The number of carbonyl (C=O) groups is 3. The third kappa shape index (κ3) is 21.6. The largest absolute Gasteiger partial charge is 0.492 e. The highest BCUT2D eigenvalue weighted by molar-refractivity contribution is 9.10. The molecule has 0 fully saturated rings. The van der Waals surface area contributed by atoms with Gasteiger partial charge in [-0.3, -0.25) is 24.5 Å². The number of ether oxygens (including phenoxy) is 2. The number of nitrogens with zero attached hydrogens (tertiary/aromatic N) is 16. The van der Waals surface area contributed by atoms with Crippen molar-refractivity contribution in [3.63, 3.8) is 0 Å². The van der Waals surface area contributed by atoms with Crippen molar-refractivity contribution in [1.29, 1.82) is 10.5 Å². The lowest BCUT2D eigenvalue weighted by atomic mass is 10.1. The number of fused-ring (bicyclic) bond motifs is 2. The predicted octanol–water partition coefficient (Wildman–Crippen LogP) is 17.9. The summed E-state index contributed by atoms with van der Waals surface area (Å²) in [7, 11) is 1.34. The van der Waals surface area contributed by atoms with Crippen molar-refractivity contribution in [2.24, 2.45) is 0 Å². The minimum atomic E-state index is -3.06. The van der Waals surface area contributed by atoms with E-state index in [0.29, 0.717) is 82.7 Å². The number of rotatable bonds is 25. The monoisotopic (exact) mass is 1710 g/mol. The van der Waals surface area contributed by atoms with Gasteiger partial charge in [0.1, 0.15) is 71.1 Å². The van der Waals surface area contributed by atoms with Crippen LogP contribution in [0.5, 0.6) is 11.5 Å². The number of furan rings is 1. The van der Waals surface area contributed by atoms with E-state index in [-0.39, 0.29) is 117 Å². The summed E-state index contributed by atoms with van der Waals surface area (Å²) in [6, 6.07) is 55.0. The van der Waals surface area contributed by atoms with Crippen LogP contribution in [0, 0.1) is 67.7 Å². The highest BCUT2D eigenvalue weighted by Crippen LogP contribution is 2.36. The van der Waals surface area contributed by atoms with Crippen molar-refractivity contribution in [1.82, 2.24) is 64.0 Å². The van der Waals surface area contributed by atoms with Crippen molar-refractivity contribution in [3.05, 3.63) is 365 Å². The Hall–Kier alpha value is -14.6. The first kappa shape index (κ1) is 87.2. The molecule has 121 heavy (non-hydrogen) atoms. The van der Waals surface area contributed by atoms with Gasteiger partial charge in [-0.05, 0) is 113 Å². The zero-order valence-electron chi connectivity index (χ0n) is 63.0. The Morgan fingerprint density at radius 3 is 1.55 bits per heavy atom. The minimum absolute atomic E-state index is 0. The smallest absolute Gasteiger partial charge is 0.310 e. The van der Waals surface area contributed by atoms with Crippen molar-refractivity contribution in [2.45, 2.75) is 93.0 Å². The Bertz CT molecular complexity index is 6190. The minimum Gasteiger partial charge on any atom is -0.492 e. The fourth-order valence-corrected chi connectivity index (χ4v) is 13.4. The standard InChI is InChI=1S/C31H23F4N5O2.C28H22F2N6O4.C27H20BrF2N5O2.2CH4/c1-31(34,35)24-4-2-3-22(13-24)27-11-12-28(42-27)30(41)39(17-23-9-10-25(32)14-26(23)33)18-29-38-37-19-40(29)16-21-7-5-20(15-36)6-8-21;1-40-26-12-18(6-11-25(26)36(38)39)14-35-17-31-33-27(35)16-34(15-20-7-9-21(29)13-22(20)30)28(37)24-10-8-19-4-2-3-5-23(19)32-24;28-21-9-19-7-8-37-26(19)23(10-21)27(36)34(14-20-5-6-22(29)11-24(20)30)15-25-33-32-16-35(25)13-18-3-1-17(12-31)2-4-18;;/h2-14,19H,16-18H2,1H3;2-13,17H,14-16H2,1H3;1-6,9-11,16H,7-8,13-15H2;2*1H4. The van der Waals surface area contributed by atoms with E-state index in [9.17, 15) is 59.6 Å². The van der Waals surface area contributed by atoms with Gasteiger partial charge in [-0.1, -0.05) is 122 Å². The van der Waals surface area contributed by atoms with E-state index in [1.165, 1.54) is 95.1 Å². The molecular weight excluding hydrogens is 1640 g/mol. The number of hydrogen-bond donors (Lipinski definition) is 0. The molecule has 0 N–H and O–H groups in total. The second-order valence-electron chi connectivity index (χ2n) is 27.3. The molecule has 0 saturated heterocycles. The van der Waals surface area contributed by atoms with Crippen LogP contribution in [0.4, 0.5) is 40.8 Å². The van der Waals surface area contributed by atoms with Gasteiger partial charge in [0, 0.05) is 94.9 Å². The molecule has 6 heterocycles. The maximum Gasteiger partial charge on any atom is 0.310 e. The third-order valence-corrected chi connectivity index (χ3v) is 19.5. The Balaban J connectivity index is 0.000000176. The molecule has 14 aromatic rings. The van der Waals surface area contributed by atoms with Gasteiger partial charge in [0.15, 0.2) is 29.0 Å². The molecule has 0 saturated carbocycles. The fourth-order valence-electron chi connectivity index (χ4n) is 12.9. The molecule has 24 nitrogen and oxygen atoms in total. The van der Waals surface area contributed by atoms with E-state index in [0.717, 1.165) is 69.9 Å². The Labute approximate surface area is 696 Å². The molecule has 0 bridgehead atoms.